The van der Waals surface area contributed by atoms with Crippen LogP contribution in [0.25, 0.3) is 0 Å². The van der Waals surface area contributed by atoms with Crippen LogP contribution in [-0.4, -0.2) is 43.4 Å². The summed E-state index contributed by atoms with van der Waals surface area (Å²) in [6.07, 6.45) is 11.1. The highest BCUT2D eigenvalue weighted by molar-refractivity contribution is 7.86. The number of rotatable bonds is 7. The van der Waals surface area contributed by atoms with Crippen LogP contribution in [0.3, 0.4) is 0 Å². The Morgan fingerprint density at radius 1 is 0.906 bits per heavy atom. The van der Waals surface area contributed by atoms with E-state index in [1.807, 2.05) is 6.08 Å². The summed E-state index contributed by atoms with van der Waals surface area (Å²) in [4.78, 5) is 25.6. The van der Waals surface area contributed by atoms with Gasteiger partial charge < -0.3 is 9.47 Å². The van der Waals surface area contributed by atoms with Gasteiger partial charge in [0.1, 0.15) is 0 Å². The molecule has 178 valence electrons. The van der Waals surface area contributed by atoms with Crippen LogP contribution in [0.5, 0.6) is 0 Å². The fraction of sp³-hybridized carbons (Fsp3) is 0.818. The van der Waals surface area contributed by atoms with Gasteiger partial charge in [-0.05, 0) is 74.5 Å². The Kier molecular flexibility index (Phi) is 5.20. The van der Waals surface area contributed by atoms with Gasteiger partial charge in [0.15, 0.2) is 6.61 Å². The van der Waals surface area contributed by atoms with E-state index in [4.69, 9.17) is 9.29 Å². The molecule has 0 spiro atoms. The molecule has 4 unspecified atom stereocenters. The van der Waals surface area contributed by atoms with Crippen molar-refractivity contribution < 1.29 is 40.8 Å². The number of hydrogen-bond acceptors (Lipinski definition) is 6. The topological polar surface area (TPSA) is 107 Å². The molecule has 6 rings (SSSR count). The van der Waals surface area contributed by atoms with Crippen LogP contribution >= 0.6 is 0 Å². The minimum absolute atomic E-state index is 0.0193. The average molecular weight is 475 g/mol. The zero-order valence-corrected chi connectivity index (χ0v) is 18.4. The fourth-order valence-electron chi connectivity index (χ4n) is 7.58. The molecule has 6 bridgehead atoms. The molecular formula is C22H28F2O7S. The lowest BCUT2D eigenvalue weighted by atomic mass is 9.50. The van der Waals surface area contributed by atoms with Crippen molar-refractivity contribution in [3.05, 3.63) is 12.2 Å². The SMILES string of the molecule is O=C(OCC12CC3CC(CC(C3)C1)C2)C1C2C=CC(C2)C1C(=O)OCC(F)(F)S(=O)(=O)O. The third-order valence-corrected chi connectivity index (χ3v) is 9.32. The molecular weight excluding hydrogens is 446 g/mol. The van der Waals surface area contributed by atoms with Crippen molar-refractivity contribution in [3.8, 4) is 0 Å². The summed E-state index contributed by atoms with van der Waals surface area (Å²) in [5, 5.41) is -4.61. The van der Waals surface area contributed by atoms with Crippen molar-refractivity contribution in [1.29, 1.82) is 0 Å². The van der Waals surface area contributed by atoms with E-state index in [1.54, 1.807) is 6.08 Å². The van der Waals surface area contributed by atoms with Gasteiger partial charge in [-0.1, -0.05) is 12.2 Å². The molecule has 0 aromatic heterocycles. The van der Waals surface area contributed by atoms with Gasteiger partial charge in [0.2, 0.25) is 0 Å². The number of ether oxygens (including phenoxy) is 2. The van der Waals surface area contributed by atoms with Crippen LogP contribution in [0.1, 0.15) is 44.9 Å². The summed E-state index contributed by atoms with van der Waals surface area (Å²) in [6, 6.07) is 0. The summed E-state index contributed by atoms with van der Waals surface area (Å²) in [6.45, 7) is -1.47. The van der Waals surface area contributed by atoms with Crippen LogP contribution in [0, 0.1) is 46.8 Å². The molecule has 0 amide bonds. The molecule has 0 radical (unpaired) electrons. The van der Waals surface area contributed by atoms with Crippen molar-refractivity contribution in [2.75, 3.05) is 13.2 Å². The number of carbonyl (C=O) groups is 2. The van der Waals surface area contributed by atoms with Gasteiger partial charge in [-0.15, -0.1) is 0 Å². The number of hydrogen-bond donors (Lipinski definition) is 1. The molecule has 1 N–H and O–H groups in total. The first-order valence-corrected chi connectivity index (χ1v) is 12.8. The summed E-state index contributed by atoms with van der Waals surface area (Å²) < 4.78 is 67.4. The first-order chi connectivity index (χ1) is 15.0. The molecule has 7 nitrogen and oxygen atoms in total. The highest BCUT2D eigenvalue weighted by Gasteiger charge is 2.56. The highest BCUT2D eigenvalue weighted by Crippen LogP contribution is 2.60. The third kappa shape index (κ3) is 3.77. The summed E-state index contributed by atoms with van der Waals surface area (Å²) in [7, 11) is -5.71. The van der Waals surface area contributed by atoms with Gasteiger partial charge in [-0.3, -0.25) is 14.1 Å². The highest BCUT2D eigenvalue weighted by atomic mass is 32.2. The fourth-order valence-corrected chi connectivity index (χ4v) is 7.79. The number of alkyl halides is 2. The quantitative estimate of drug-likeness (QED) is 0.343. The largest absolute Gasteiger partial charge is 0.465 e. The number of allylic oxidation sites excluding steroid dienone is 2. The molecule has 0 aromatic rings. The molecule has 6 aliphatic rings. The maximum absolute atomic E-state index is 13.5. The monoisotopic (exact) mass is 474 g/mol. The second kappa shape index (κ2) is 7.48. The Morgan fingerprint density at radius 3 is 1.84 bits per heavy atom. The van der Waals surface area contributed by atoms with E-state index in [-0.39, 0.29) is 17.3 Å². The summed E-state index contributed by atoms with van der Waals surface area (Å²) in [5.74, 6) is -1.86. The molecule has 10 heteroatoms. The normalized spacial score (nSPS) is 41.8. The zero-order valence-electron chi connectivity index (χ0n) is 17.6. The predicted octanol–water partition coefficient (Wildman–Crippen LogP) is 3.21. The van der Waals surface area contributed by atoms with Crippen molar-refractivity contribution >= 4 is 22.1 Å². The minimum atomic E-state index is -5.71. The number of fused-ring (bicyclic) bond motifs is 2. The third-order valence-electron chi connectivity index (χ3n) is 8.45. The Hall–Kier alpha value is -1.55. The lowest BCUT2D eigenvalue weighted by Gasteiger charge is -2.56. The van der Waals surface area contributed by atoms with E-state index in [9.17, 15) is 26.8 Å². The maximum atomic E-state index is 13.5. The van der Waals surface area contributed by atoms with Crippen LogP contribution in [-0.2, 0) is 29.2 Å². The standard InChI is InChI=1S/C22H28F2O7S/c23-22(24,32(27,28)29)11-31-20(26)18-16-2-1-15(6-16)17(18)19(25)30-10-21-7-12-3-13(8-21)5-14(4-12)9-21/h1-2,12-18H,3-11H2,(H,27,28,29). The van der Waals surface area contributed by atoms with E-state index in [2.05, 4.69) is 4.74 Å². The maximum Gasteiger partial charge on any atom is 0.402 e. The van der Waals surface area contributed by atoms with Crippen molar-refractivity contribution in [2.24, 2.45) is 46.8 Å². The van der Waals surface area contributed by atoms with Gasteiger partial charge in [-0.2, -0.15) is 17.2 Å². The molecule has 32 heavy (non-hydrogen) atoms. The van der Waals surface area contributed by atoms with Gasteiger partial charge in [0.25, 0.3) is 0 Å². The predicted molar refractivity (Wildman–Crippen MR) is 107 cm³/mol. The molecule has 5 saturated carbocycles. The second-order valence-electron chi connectivity index (χ2n) is 10.7. The van der Waals surface area contributed by atoms with E-state index < -0.39 is 45.8 Å². The number of halogens is 2. The Morgan fingerprint density at radius 2 is 1.38 bits per heavy atom. The van der Waals surface area contributed by atoms with Gasteiger partial charge >= 0.3 is 27.3 Å². The Balaban J connectivity index is 1.24. The molecule has 4 atom stereocenters. The van der Waals surface area contributed by atoms with E-state index in [1.165, 1.54) is 19.3 Å². The molecule has 0 heterocycles. The average Bonchev–Trinajstić information content (AvgIpc) is 3.30. The Labute approximate surface area is 185 Å². The van der Waals surface area contributed by atoms with E-state index >= 15 is 0 Å². The first kappa shape index (κ1) is 22.3. The van der Waals surface area contributed by atoms with E-state index in [0.717, 1.165) is 19.3 Å². The van der Waals surface area contributed by atoms with Crippen LogP contribution < -0.4 is 0 Å². The van der Waals surface area contributed by atoms with E-state index in [0.29, 0.717) is 30.8 Å². The summed E-state index contributed by atoms with van der Waals surface area (Å²) >= 11 is 0. The zero-order chi connectivity index (χ0) is 22.9. The van der Waals surface area contributed by atoms with Crippen molar-refractivity contribution in [3.63, 3.8) is 0 Å². The first-order valence-electron chi connectivity index (χ1n) is 11.3. The van der Waals surface area contributed by atoms with Gasteiger partial charge in [-0.25, -0.2) is 0 Å². The lowest BCUT2D eigenvalue weighted by molar-refractivity contribution is -0.170. The van der Waals surface area contributed by atoms with Crippen LogP contribution in [0.2, 0.25) is 0 Å². The summed E-state index contributed by atoms with van der Waals surface area (Å²) in [5.41, 5.74) is 0.0193. The van der Waals surface area contributed by atoms with Gasteiger partial charge in [0.05, 0.1) is 18.4 Å². The van der Waals surface area contributed by atoms with Crippen molar-refractivity contribution in [2.45, 2.75) is 50.2 Å². The number of esters is 2. The smallest absolute Gasteiger partial charge is 0.402 e. The molecule has 0 aromatic carbocycles. The minimum Gasteiger partial charge on any atom is -0.465 e. The Bertz CT molecular complexity index is 909. The second-order valence-corrected chi connectivity index (χ2v) is 12.3. The lowest BCUT2D eigenvalue weighted by Crippen LogP contribution is -2.49. The number of carbonyl (C=O) groups excluding carboxylic acids is 2. The molecule has 0 aliphatic heterocycles. The molecule has 0 saturated heterocycles. The molecule has 5 fully saturated rings. The molecule has 6 aliphatic carbocycles. The van der Waals surface area contributed by atoms with Crippen LogP contribution in [0.15, 0.2) is 12.2 Å². The van der Waals surface area contributed by atoms with Gasteiger partial charge in [0, 0.05) is 5.41 Å². The van der Waals surface area contributed by atoms with Crippen molar-refractivity contribution in [1.82, 2.24) is 0 Å². The van der Waals surface area contributed by atoms with Crippen LogP contribution in [0.4, 0.5) is 8.78 Å².